The van der Waals surface area contributed by atoms with Gasteiger partial charge in [-0.25, -0.2) is 0 Å². The van der Waals surface area contributed by atoms with Crippen LogP contribution in [0, 0.1) is 29.6 Å². The quantitative estimate of drug-likeness (QED) is 0.779. The van der Waals surface area contributed by atoms with Crippen LogP contribution in [-0.2, 0) is 4.79 Å². The second-order valence-corrected chi connectivity index (χ2v) is 7.67. The lowest BCUT2D eigenvalue weighted by atomic mass is 9.51. The van der Waals surface area contributed by atoms with E-state index < -0.39 is 11.8 Å². The number of ketones is 3. The maximum Gasteiger partial charge on any atom is 0.167 e. The molecule has 0 unspecified atom stereocenters. The fraction of sp³-hybridized carbons (Fsp3) is 0.348. The largest absolute Gasteiger partial charge is 0.299 e. The summed E-state index contributed by atoms with van der Waals surface area (Å²) in [7, 11) is 0. The highest BCUT2D eigenvalue weighted by atomic mass is 16.1. The number of benzene rings is 2. The molecule has 0 aliphatic heterocycles. The van der Waals surface area contributed by atoms with E-state index in [0.29, 0.717) is 24.0 Å². The lowest BCUT2D eigenvalue weighted by molar-refractivity contribution is -0.136. The number of carbonyl (C=O) groups excluding carboxylic acids is 3. The van der Waals surface area contributed by atoms with Gasteiger partial charge in [-0.2, -0.15) is 0 Å². The van der Waals surface area contributed by atoms with E-state index >= 15 is 0 Å². The normalized spacial score (nSPS) is 30.2. The van der Waals surface area contributed by atoms with Gasteiger partial charge >= 0.3 is 0 Å². The van der Waals surface area contributed by atoms with E-state index in [1.807, 2.05) is 36.4 Å². The fourth-order valence-electron chi connectivity index (χ4n) is 4.93. The Balaban J connectivity index is 1.77. The molecule has 0 radical (unpaired) electrons. The van der Waals surface area contributed by atoms with Gasteiger partial charge in [0.15, 0.2) is 11.6 Å². The predicted molar refractivity (Wildman–Crippen MR) is 98.9 cm³/mol. The third-order valence-electron chi connectivity index (χ3n) is 6.21. The van der Waals surface area contributed by atoms with E-state index in [9.17, 15) is 14.4 Å². The number of Topliss-reactive ketones (excluding diaryl/α,β-unsaturated/α-hetero) is 3. The SMILES string of the molecule is C[C@@H]1C[C@H]2C(=O)C[C@@H]1[C@H](C(=O)c1ccccc1)[C@H]2C(=O)c1ccccc1. The molecule has 26 heavy (non-hydrogen) atoms. The molecule has 3 nitrogen and oxygen atoms in total. The molecule has 3 aliphatic rings. The van der Waals surface area contributed by atoms with Crippen molar-refractivity contribution in [1.29, 1.82) is 0 Å². The third-order valence-corrected chi connectivity index (χ3v) is 6.21. The Morgan fingerprint density at radius 3 is 1.85 bits per heavy atom. The van der Waals surface area contributed by atoms with Gasteiger partial charge < -0.3 is 0 Å². The minimum Gasteiger partial charge on any atom is -0.299 e. The summed E-state index contributed by atoms with van der Waals surface area (Å²) in [6, 6.07) is 18.3. The van der Waals surface area contributed by atoms with Crippen molar-refractivity contribution >= 4 is 17.3 Å². The molecule has 2 aromatic rings. The summed E-state index contributed by atoms with van der Waals surface area (Å²) in [5.74, 6) is -0.930. The Morgan fingerprint density at radius 2 is 1.31 bits per heavy atom. The Morgan fingerprint density at radius 1 is 0.808 bits per heavy atom. The first-order valence-corrected chi connectivity index (χ1v) is 9.29. The molecule has 2 bridgehead atoms. The lowest BCUT2D eigenvalue weighted by Gasteiger charge is -2.49. The highest BCUT2D eigenvalue weighted by Crippen LogP contribution is 2.52. The van der Waals surface area contributed by atoms with Gasteiger partial charge in [0.2, 0.25) is 0 Å². The van der Waals surface area contributed by atoms with Crippen LogP contribution < -0.4 is 0 Å². The summed E-state index contributed by atoms with van der Waals surface area (Å²) in [6.07, 6.45) is 1.14. The Labute approximate surface area is 153 Å². The number of fused-ring (bicyclic) bond motifs is 3. The van der Waals surface area contributed by atoms with Gasteiger partial charge in [0.25, 0.3) is 0 Å². The second kappa shape index (κ2) is 6.64. The Bertz CT molecular complexity index is 840. The molecule has 0 aromatic heterocycles. The zero-order chi connectivity index (χ0) is 18.3. The average molecular weight is 346 g/mol. The highest BCUT2D eigenvalue weighted by Gasteiger charge is 2.56. The van der Waals surface area contributed by atoms with Gasteiger partial charge in [0, 0.05) is 35.3 Å². The van der Waals surface area contributed by atoms with E-state index in [1.54, 1.807) is 24.3 Å². The Kier molecular flexibility index (Phi) is 4.31. The second-order valence-electron chi connectivity index (χ2n) is 7.67. The topological polar surface area (TPSA) is 51.2 Å². The van der Waals surface area contributed by atoms with Gasteiger partial charge in [0.1, 0.15) is 5.78 Å². The molecule has 0 amide bonds. The molecule has 0 N–H and O–H groups in total. The molecule has 5 rings (SSSR count). The number of hydrogen-bond acceptors (Lipinski definition) is 3. The first-order valence-electron chi connectivity index (χ1n) is 9.29. The van der Waals surface area contributed by atoms with Crippen LogP contribution in [0.5, 0.6) is 0 Å². The van der Waals surface area contributed by atoms with Crippen molar-refractivity contribution in [3.63, 3.8) is 0 Å². The molecule has 0 saturated heterocycles. The first-order chi connectivity index (χ1) is 12.6. The molecule has 2 aromatic carbocycles. The first kappa shape index (κ1) is 16.9. The Hall–Kier alpha value is -2.55. The maximum atomic E-state index is 13.3. The van der Waals surface area contributed by atoms with Crippen LogP contribution in [0.15, 0.2) is 60.7 Å². The molecule has 0 spiro atoms. The monoisotopic (exact) mass is 346 g/mol. The van der Waals surface area contributed by atoms with Gasteiger partial charge in [-0.05, 0) is 18.3 Å². The van der Waals surface area contributed by atoms with E-state index in [2.05, 4.69) is 6.92 Å². The molecular weight excluding hydrogens is 324 g/mol. The van der Waals surface area contributed by atoms with Crippen LogP contribution in [0.2, 0.25) is 0 Å². The maximum absolute atomic E-state index is 13.3. The summed E-state index contributed by atoms with van der Waals surface area (Å²) in [5.41, 5.74) is 1.23. The molecule has 0 heterocycles. The van der Waals surface area contributed by atoms with Gasteiger partial charge in [-0.15, -0.1) is 0 Å². The summed E-state index contributed by atoms with van der Waals surface area (Å²) in [6.45, 7) is 2.11. The minimum atomic E-state index is -0.535. The van der Waals surface area contributed by atoms with Crippen molar-refractivity contribution in [1.82, 2.24) is 0 Å². The molecule has 3 aliphatic carbocycles. The average Bonchev–Trinajstić information content (AvgIpc) is 2.68. The highest BCUT2D eigenvalue weighted by molar-refractivity contribution is 6.08. The smallest absolute Gasteiger partial charge is 0.167 e. The van der Waals surface area contributed by atoms with Crippen molar-refractivity contribution in [2.75, 3.05) is 0 Å². The molecule has 3 saturated carbocycles. The van der Waals surface area contributed by atoms with E-state index in [1.165, 1.54) is 0 Å². The van der Waals surface area contributed by atoms with Crippen molar-refractivity contribution < 1.29 is 14.4 Å². The van der Waals surface area contributed by atoms with Crippen molar-refractivity contribution in [3.05, 3.63) is 71.8 Å². The fourth-order valence-corrected chi connectivity index (χ4v) is 4.93. The van der Waals surface area contributed by atoms with E-state index in [-0.39, 0.29) is 35.1 Å². The lowest BCUT2D eigenvalue weighted by Crippen LogP contribution is -2.54. The van der Waals surface area contributed by atoms with Gasteiger partial charge in [-0.1, -0.05) is 67.6 Å². The van der Waals surface area contributed by atoms with Crippen molar-refractivity contribution in [3.8, 4) is 0 Å². The van der Waals surface area contributed by atoms with Crippen molar-refractivity contribution in [2.24, 2.45) is 29.6 Å². The molecule has 5 atom stereocenters. The van der Waals surface area contributed by atoms with E-state index in [4.69, 9.17) is 0 Å². The summed E-state index contributed by atoms with van der Waals surface area (Å²) in [5, 5.41) is 0. The number of rotatable bonds is 4. The predicted octanol–water partition coefficient (Wildman–Crippen LogP) is 4.23. The van der Waals surface area contributed by atoms with Crippen LogP contribution >= 0.6 is 0 Å². The van der Waals surface area contributed by atoms with E-state index in [0.717, 1.165) is 0 Å². The summed E-state index contributed by atoms with van der Waals surface area (Å²) in [4.78, 5) is 39.2. The summed E-state index contributed by atoms with van der Waals surface area (Å²) < 4.78 is 0. The van der Waals surface area contributed by atoms with Crippen molar-refractivity contribution in [2.45, 2.75) is 19.8 Å². The van der Waals surface area contributed by atoms with Crippen LogP contribution in [0.3, 0.4) is 0 Å². The number of hydrogen-bond donors (Lipinski definition) is 0. The minimum absolute atomic E-state index is 0.00827. The third kappa shape index (κ3) is 2.72. The van der Waals surface area contributed by atoms with Gasteiger partial charge in [0.05, 0.1) is 0 Å². The molecule has 3 fully saturated rings. The van der Waals surface area contributed by atoms with Crippen LogP contribution in [-0.4, -0.2) is 17.3 Å². The molecular formula is C23H22O3. The van der Waals surface area contributed by atoms with Crippen LogP contribution in [0.4, 0.5) is 0 Å². The standard InChI is InChI=1S/C23H22O3/c1-14-12-18-19(24)13-17(14)20(22(25)15-8-4-2-5-9-15)21(18)23(26)16-10-6-3-7-11-16/h2-11,14,17-18,20-21H,12-13H2,1H3/t14-,17+,18+,20+,21+/m1/s1. The number of carbonyl (C=O) groups is 3. The van der Waals surface area contributed by atoms with Crippen LogP contribution in [0.1, 0.15) is 40.5 Å². The van der Waals surface area contributed by atoms with Gasteiger partial charge in [-0.3, -0.25) is 14.4 Å². The van der Waals surface area contributed by atoms with Crippen LogP contribution in [0.25, 0.3) is 0 Å². The zero-order valence-electron chi connectivity index (χ0n) is 14.8. The zero-order valence-corrected chi connectivity index (χ0v) is 14.8. The molecule has 132 valence electrons. The molecule has 3 heteroatoms. The summed E-state index contributed by atoms with van der Waals surface area (Å²) >= 11 is 0.